The molecule has 0 heterocycles. The minimum atomic E-state index is -2.30. The molecule has 0 saturated heterocycles. The van der Waals surface area contributed by atoms with E-state index in [-0.39, 0.29) is 5.92 Å². The van der Waals surface area contributed by atoms with Crippen molar-refractivity contribution in [1.29, 1.82) is 0 Å². The van der Waals surface area contributed by atoms with Crippen molar-refractivity contribution in [3.63, 3.8) is 0 Å². The maximum absolute atomic E-state index is 12.6. The van der Waals surface area contributed by atoms with Gasteiger partial charge in [-0.3, -0.25) is 0 Å². The van der Waals surface area contributed by atoms with Crippen LogP contribution in [-0.4, -0.2) is 5.92 Å². The fourth-order valence-electron chi connectivity index (χ4n) is 2.19. The largest absolute Gasteiger partial charge is 0.257 e. The normalized spacial score (nSPS) is 53.0. The van der Waals surface area contributed by atoms with Gasteiger partial charge in [0.25, 0.3) is 5.92 Å². The van der Waals surface area contributed by atoms with E-state index in [1.54, 1.807) is 6.92 Å². The Kier molecular flexibility index (Phi) is 0.725. The van der Waals surface area contributed by atoms with E-state index in [1.807, 2.05) is 0 Å². The monoisotopic (exact) mass is 132 g/mol. The summed E-state index contributed by atoms with van der Waals surface area (Å²) < 4.78 is 25.3. The predicted octanol–water partition coefficient (Wildman–Crippen LogP) is 2.44. The topological polar surface area (TPSA) is 0 Å². The molecule has 0 spiro atoms. The van der Waals surface area contributed by atoms with Gasteiger partial charge in [-0.1, -0.05) is 13.3 Å². The van der Waals surface area contributed by atoms with Gasteiger partial charge in [-0.15, -0.1) is 0 Å². The molecule has 2 saturated carbocycles. The summed E-state index contributed by atoms with van der Waals surface area (Å²) in [5, 5.41) is 0. The minimum absolute atomic E-state index is 0.259. The van der Waals surface area contributed by atoms with E-state index < -0.39 is 11.3 Å². The number of alkyl halides is 2. The molecule has 2 rings (SSSR count). The molecule has 0 aliphatic heterocycles. The first-order valence-electron chi connectivity index (χ1n) is 3.47. The second-order valence-electron chi connectivity index (χ2n) is 3.49. The third-order valence-corrected chi connectivity index (χ3v) is 3.07. The summed E-state index contributed by atoms with van der Waals surface area (Å²) in [6.07, 6.45) is 2.50. The highest BCUT2D eigenvalue weighted by Crippen LogP contribution is 2.73. The molecule has 0 aromatic carbocycles. The molecule has 52 valence electrons. The maximum Gasteiger partial charge on any atom is 0.257 e. The second kappa shape index (κ2) is 1.16. The SMILES string of the molecule is C[C@]12CCC[C@H]1C2(F)F. The van der Waals surface area contributed by atoms with E-state index in [0.29, 0.717) is 0 Å². The summed E-state index contributed by atoms with van der Waals surface area (Å²) >= 11 is 0. The van der Waals surface area contributed by atoms with Crippen LogP contribution in [0.1, 0.15) is 26.2 Å². The Labute approximate surface area is 53.2 Å². The molecule has 2 fully saturated rings. The van der Waals surface area contributed by atoms with Crippen molar-refractivity contribution in [3.05, 3.63) is 0 Å². The Morgan fingerprint density at radius 1 is 1.44 bits per heavy atom. The summed E-state index contributed by atoms with van der Waals surface area (Å²) in [5.41, 5.74) is -0.576. The van der Waals surface area contributed by atoms with Crippen molar-refractivity contribution in [2.75, 3.05) is 0 Å². The van der Waals surface area contributed by atoms with Gasteiger partial charge in [0, 0.05) is 11.3 Å². The van der Waals surface area contributed by atoms with E-state index in [1.165, 1.54) is 0 Å². The third-order valence-electron chi connectivity index (χ3n) is 3.07. The lowest BCUT2D eigenvalue weighted by Gasteiger charge is -2.04. The zero-order valence-corrected chi connectivity index (χ0v) is 5.45. The standard InChI is InChI=1S/C7H10F2/c1-6-4-2-3-5(6)7(6,8)9/h5H,2-4H2,1H3/t5-,6+/m1/s1. The maximum atomic E-state index is 12.6. The van der Waals surface area contributed by atoms with Crippen LogP contribution in [0.25, 0.3) is 0 Å². The van der Waals surface area contributed by atoms with Crippen LogP contribution in [0.2, 0.25) is 0 Å². The minimum Gasteiger partial charge on any atom is -0.206 e. The highest BCUT2D eigenvalue weighted by atomic mass is 19.3. The van der Waals surface area contributed by atoms with Crippen LogP contribution in [0.5, 0.6) is 0 Å². The Hall–Kier alpha value is -0.140. The molecular weight excluding hydrogens is 122 g/mol. The first-order valence-corrected chi connectivity index (χ1v) is 3.47. The molecule has 2 aliphatic carbocycles. The van der Waals surface area contributed by atoms with E-state index in [0.717, 1.165) is 19.3 Å². The van der Waals surface area contributed by atoms with E-state index in [4.69, 9.17) is 0 Å². The van der Waals surface area contributed by atoms with Crippen LogP contribution in [0.3, 0.4) is 0 Å². The van der Waals surface area contributed by atoms with Gasteiger partial charge in [-0.05, 0) is 12.8 Å². The van der Waals surface area contributed by atoms with Crippen LogP contribution in [0.4, 0.5) is 8.78 Å². The van der Waals surface area contributed by atoms with Gasteiger partial charge >= 0.3 is 0 Å². The molecule has 2 atom stereocenters. The van der Waals surface area contributed by atoms with E-state index >= 15 is 0 Å². The molecule has 0 radical (unpaired) electrons. The van der Waals surface area contributed by atoms with Gasteiger partial charge in [-0.2, -0.15) is 0 Å². The summed E-state index contributed by atoms with van der Waals surface area (Å²) in [6.45, 7) is 1.71. The number of rotatable bonds is 0. The molecule has 0 bridgehead atoms. The quantitative estimate of drug-likeness (QED) is 0.475. The molecule has 0 nitrogen and oxygen atoms in total. The molecule has 2 aliphatic rings. The average molecular weight is 132 g/mol. The van der Waals surface area contributed by atoms with Crippen molar-refractivity contribution < 1.29 is 8.78 Å². The molecule has 0 unspecified atom stereocenters. The van der Waals surface area contributed by atoms with Gasteiger partial charge in [-0.25, -0.2) is 8.78 Å². The highest BCUT2D eigenvalue weighted by Gasteiger charge is 2.78. The van der Waals surface area contributed by atoms with Crippen molar-refractivity contribution in [2.24, 2.45) is 11.3 Å². The lowest BCUT2D eigenvalue weighted by atomic mass is 10.1. The van der Waals surface area contributed by atoms with Crippen molar-refractivity contribution in [3.8, 4) is 0 Å². The number of hydrogen-bond donors (Lipinski definition) is 0. The summed E-state index contributed by atoms with van der Waals surface area (Å²) in [5.74, 6) is -2.56. The molecule has 0 amide bonds. The molecule has 9 heavy (non-hydrogen) atoms. The summed E-state index contributed by atoms with van der Waals surface area (Å²) in [6, 6.07) is 0. The fraction of sp³-hybridized carbons (Fsp3) is 1.00. The first-order chi connectivity index (χ1) is 4.09. The van der Waals surface area contributed by atoms with E-state index in [9.17, 15) is 8.78 Å². The van der Waals surface area contributed by atoms with Crippen LogP contribution in [-0.2, 0) is 0 Å². The number of fused-ring (bicyclic) bond motifs is 1. The number of hydrogen-bond acceptors (Lipinski definition) is 0. The van der Waals surface area contributed by atoms with Crippen LogP contribution >= 0.6 is 0 Å². The van der Waals surface area contributed by atoms with Crippen molar-refractivity contribution in [1.82, 2.24) is 0 Å². The Bertz CT molecular complexity index is 153. The van der Waals surface area contributed by atoms with Gasteiger partial charge in [0.2, 0.25) is 0 Å². The molecular formula is C7H10F2. The van der Waals surface area contributed by atoms with Gasteiger partial charge in [0.15, 0.2) is 0 Å². The smallest absolute Gasteiger partial charge is 0.206 e. The second-order valence-corrected chi connectivity index (χ2v) is 3.49. The molecule has 0 N–H and O–H groups in total. The highest BCUT2D eigenvalue weighted by molar-refractivity contribution is 5.18. The Balaban J connectivity index is 2.26. The average Bonchev–Trinajstić information content (AvgIpc) is 2.21. The molecule has 2 heteroatoms. The Morgan fingerprint density at radius 3 is 2.33 bits per heavy atom. The zero-order chi connectivity index (χ0) is 6.70. The fourth-order valence-corrected chi connectivity index (χ4v) is 2.19. The van der Waals surface area contributed by atoms with Crippen molar-refractivity contribution >= 4 is 0 Å². The van der Waals surface area contributed by atoms with Crippen LogP contribution in [0.15, 0.2) is 0 Å². The Morgan fingerprint density at radius 2 is 2.11 bits per heavy atom. The molecule has 0 aromatic heterocycles. The lowest BCUT2D eigenvalue weighted by molar-refractivity contribution is 0.0498. The summed E-state index contributed by atoms with van der Waals surface area (Å²) in [7, 11) is 0. The number of halogens is 2. The third kappa shape index (κ3) is 0.404. The van der Waals surface area contributed by atoms with Gasteiger partial charge in [0.05, 0.1) is 0 Å². The lowest BCUT2D eigenvalue weighted by Crippen LogP contribution is -2.06. The first kappa shape index (κ1) is 5.63. The predicted molar refractivity (Wildman–Crippen MR) is 30.4 cm³/mol. The molecule has 0 aromatic rings. The van der Waals surface area contributed by atoms with Gasteiger partial charge < -0.3 is 0 Å². The van der Waals surface area contributed by atoms with Gasteiger partial charge in [0.1, 0.15) is 0 Å². The van der Waals surface area contributed by atoms with E-state index in [2.05, 4.69) is 0 Å². The zero-order valence-electron chi connectivity index (χ0n) is 5.45. The summed E-state index contributed by atoms with van der Waals surface area (Å²) in [4.78, 5) is 0. The van der Waals surface area contributed by atoms with Crippen molar-refractivity contribution in [2.45, 2.75) is 32.1 Å². The van der Waals surface area contributed by atoms with Crippen LogP contribution < -0.4 is 0 Å². The van der Waals surface area contributed by atoms with Crippen LogP contribution in [0, 0.1) is 11.3 Å².